The summed E-state index contributed by atoms with van der Waals surface area (Å²) in [7, 11) is 0. The van der Waals surface area contributed by atoms with E-state index in [4.69, 9.17) is 9.47 Å². The lowest BCUT2D eigenvalue weighted by molar-refractivity contribution is -0.133. The van der Waals surface area contributed by atoms with Gasteiger partial charge in [0.25, 0.3) is 0 Å². The summed E-state index contributed by atoms with van der Waals surface area (Å²) in [5, 5.41) is 0.985. The summed E-state index contributed by atoms with van der Waals surface area (Å²) >= 11 is 6.60. The van der Waals surface area contributed by atoms with Gasteiger partial charge in [-0.05, 0) is 12.1 Å². The van der Waals surface area contributed by atoms with Gasteiger partial charge in [0.15, 0.2) is 0 Å². The molecule has 1 aromatic carbocycles. The van der Waals surface area contributed by atoms with Crippen LogP contribution in [0.25, 0.3) is 0 Å². The number of hydrogen-bond acceptors (Lipinski definition) is 4. The molecule has 98 valence electrons. The second-order valence-corrected chi connectivity index (χ2v) is 4.64. The molecule has 0 bridgehead atoms. The van der Waals surface area contributed by atoms with Gasteiger partial charge in [-0.2, -0.15) is 0 Å². The fourth-order valence-corrected chi connectivity index (χ4v) is 2.23. The molecule has 0 aliphatic carbocycles. The van der Waals surface area contributed by atoms with E-state index in [2.05, 4.69) is 31.9 Å². The number of halogens is 2. The third-order valence-corrected chi connectivity index (χ3v) is 3.25. The average Bonchev–Trinajstić information content (AvgIpc) is 2.29. The summed E-state index contributed by atoms with van der Waals surface area (Å²) in [5.41, 5.74) is 1.48. The largest absolute Gasteiger partial charge is 0.426 e. The van der Waals surface area contributed by atoms with Gasteiger partial charge < -0.3 is 9.47 Å². The van der Waals surface area contributed by atoms with Crippen LogP contribution in [0.4, 0.5) is 0 Å². The number of hydrogen-bond donors (Lipinski definition) is 0. The predicted molar refractivity (Wildman–Crippen MR) is 74.3 cm³/mol. The second-order valence-electron chi connectivity index (χ2n) is 3.52. The number of benzene rings is 1. The Hall–Kier alpha value is -0.880. The summed E-state index contributed by atoms with van der Waals surface area (Å²) in [6, 6.07) is 3.37. The predicted octanol–water partition coefficient (Wildman–Crippen LogP) is 3.33. The van der Waals surface area contributed by atoms with Crippen molar-refractivity contribution < 1.29 is 19.1 Å². The van der Waals surface area contributed by atoms with Gasteiger partial charge in [-0.25, -0.2) is 0 Å². The Bertz CT molecular complexity index is 428. The highest BCUT2D eigenvalue weighted by Crippen LogP contribution is 2.32. The van der Waals surface area contributed by atoms with Crippen LogP contribution in [0.5, 0.6) is 11.5 Å². The van der Waals surface area contributed by atoms with Crippen molar-refractivity contribution in [2.75, 3.05) is 0 Å². The zero-order valence-corrected chi connectivity index (χ0v) is 13.1. The monoisotopic (exact) mass is 378 g/mol. The van der Waals surface area contributed by atoms with Crippen LogP contribution >= 0.6 is 31.9 Å². The molecule has 0 amide bonds. The van der Waals surface area contributed by atoms with Crippen molar-refractivity contribution in [1.29, 1.82) is 0 Å². The Kier molecular flexibility index (Phi) is 5.81. The highest BCUT2D eigenvalue weighted by molar-refractivity contribution is 9.08. The average molecular weight is 380 g/mol. The van der Waals surface area contributed by atoms with Crippen molar-refractivity contribution in [3.63, 3.8) is 0 Å². The van der Waals surface area contributed by atoms with E-state index in [0.29, 0.717) is 22.2 Å². The van der Waals surface area contributed by atoms with E-state index >= 15 is 0 Å². The number of alkyl halides is 2. The van der Waals surface area contributed by atoms with Gasteiger partial charge in [0.1, 0.15) is 11.5 Å². The molecule has 4 nitrogen and oxygen atoms in total. The van der Waals surface area contributed by atoms with Crippen molar-refractivity contribution in [3.8, 4) is 11.5 Å². The van der Waals surface area contributed by atoms with Crippen molar-refractivity contribution in [1.82, 2.24) is 0 Å². The zero-order chi connectivity index (χ0) is 13.7. The molecule has 6 heteroatoms. The number of ether oxygens (including phenoxy) is 2. The summed E-state index contributed by atoms with van der Waals surface area (Å²) in [4.78, 5) is 22.0. The van der Waals surface area contributed by atoms with Crippen molar-refractivity contribution >= 4 is 43.8 Å². The summed E-state index contributed by atoms with van der Waals surface area (Å²) < 4.78 is 10.2. The first-order valence-corrected chi connectivity index (χ1v) is 7.36. The molecular formula is C12H12Br2O4. The SMILES string of the molecule is CC(=O)Oc1cc(CBr)c(OC(C)=O)cc1CBr. The van der Waals surface area contributed by atoms with Crippen LogP contribution in [0.15, 0.2) is 12.1 Å². The molecule has 0 aromatic heterocycles. The lowest BCUT2D eigenvalue weighted by atomic mass is 10.1. The van der Waals surface area contributed by atoms with Crippen molar-refractivity contribution in [2.24, 2.45) is 0 Å². The van der Waals surface area contributed by atoms with E-state index in [-0.39, 0.29) is 0 Å². The highest BCUT2D eigenvalue weighted by atomic mass is 79.9. The van der Waals surface area contributed by atoms with E-state index < -0.39 is 11.9 Å². The third kappa shape index (κ3) is 4.10. The van der Waals surface area contributed by atoms with Crippen LogP contribution < -0.4 is 9.47 Å². The molecule has 0 aliphatic heterocycles. The minimum atomic E-state index is -0.391. The Morgan fingerprint density at radius 1 is 0.944 bits per heavy atom. The van der Waals surface area contributed by atoms with Crippen molar-refractivity contribution in [3.05, 3.63) is 23.3 Å². The quantitative estimate of drug-likeness (QED) is 0.457. The molecule has 0 atom stereocenters. The molecule has 0 fully saturated rings. The topological polar surface area (TPSA) is 52.6 Å². The Morgan fingerprint density at radius 3 is 1.50 bits per heavy atom. The molecule has 0 spiro atoms. The molecule has 1 aromatic rings. The Morgan fingerprint density at radius 2 is 1.28 bits per heavy atom. The van der Waals surface area contributed by atoms with Crippen LogP contribution in [0, 0.1) is 0 Å². The van der Waals surface area contributed by atoms with Crippen LogP contribution in [-0.4, -0.2) is 11.9 Å². The number of rotatable bonds is 4. The van der Waals surface area contributed by atoms with Crippen LogP contribution in [-0.2, 0) is 20.2 Å². The zero-order valence-electron chi connectivity index (χ0n) is 9.96. The first kappa shape index (κ1) is 15.2. The van der Waals surface area contributed by atoms with Gasteiger partial charge in [-0.1, -0.05) is 31.9 Å². The molecule has 0 saturated heterocycles. The van der Waals surface area contributed by atoms with Gasteiger partial charge in [0, 0.05) is 35.6 Å². The second kappa shape index (κ2) is 6.89. The standard InChI is InChI=1S/C12H12Br2O4/c1-7(15)17-11-3-10(6-14)12(18-8(2)16)4-9(11)5-13/h3-4H,5-6H2,1-2H3. The minimum absolute atomic E-state index is 0.391. The first-order valence-electron chi connectivity index (χ1n) is 5.12. The molecule has 1 rings (SSSR count). The van der Waals surface area contributed by atoms with E-state index in [1.165, 1.54) is 13.8 Å². The highest BCUT2D eigenvalue weighted by Gasteiger charge is 2.13. The smallest absolute Gasteiger partial charge is 0.308 e. The van der Waals surface area contributed by atoms with Crippen LogP contribution in [0.1, 0.15) is 25.0 Å². The number of esters is 2. The maximum atomic E-state index is 11.0. The van der Waals surface area contributed by atoms with Crippen LogP contribution in [0.2, 0.25) is 0 Å². The Labute approximate surface area is 122 Å². The van der Waals surface area contributed by atoms with E-state index in [9.17, 15) is 9.59 Å². The van der Waals surface area contributed by atoms with Gasteiger partial charge in [-0.3, -0.25) is 9.59 Å². The van der Waals surface area contributed by atoms with E-state index in [0.717, 1.165) is 11.1 Å². The Balaban J connectivity index is 3.22. The van der Waals surface area contributed by atoms with Crippen molar-refractivity contribution in [2.45, 2.75) is 24.5 Å². The molecule has 18 heavy (non-hydrogen) atoms. The maximum absolute atomic E-state index is 11.0. The lowest BCUT2D eigenvalue weighted by Crippen LogP contribution is -2.07. The minimum Gasteiger partial charge on any atom is -0.426 e. The van der Waals surface area contributed by atoms with E-state index in [1.807, 2.05) is 0 Å². The fourth-order valence-electron chi connectivity index (χ4n) is 1.35. The molecule has 0 radical (unpaired) electrons. The molecule has 0 heterocycles. The molecule has 0 saturated carbocycles. The lowest BCUT2D eigenvalue weighted by Gasteiger charge is -2.13. The van der Waals surface area contributed by atoms with Gasteiger partial charge >= 0.3 is 11.9 Å². The molecule has 0 aliphatic rings. The van der Waals surface area contributed by atoms with Gasteiger partial charge in [0.05, 0.1) is 0 Å². The summed E-state index contributed by atoms with van der Waals surface area (Å²) in [6.45, 7) is 2.68. The maximum Gasteiger partial charge on any atom is 0.308 e. The third-order valence-electron chi connectivity index (χ3n) is 2.04. The molecular weight excluding hydrogens is 368 g/mol. The summed E-state index contributed by atoms with van der Waals surface area (Å²) in [5.74, 6) is 0.144. The van der Waals surface area contributed by atoms with E-state index in [1.54, 1.807) is 12.1 Å². The normalized spacial score (nSPS) is 10.0. The summed E-state index contributed by atoms with van der Waals surface area (Å²) in [6.07, 6.45) is 0. The number of carbonyl (C=O) groups excluding carboxylic acids is 2. The van der Waals surface area contributed by atoms with Gasteiger partial charge in [-0.15, -0.1) is 0 Å². The molecule has 0 unspecified atom stereocenters. The number of carbonyl (C=O) groups is 2. The first-order chi connectivity index (χ1) is 8.47. The van der Waals surface area contributed by atoms with Gasteiger partial charge in [0.2, 0.25) is 0 Å². The fraction of sp³-hybridized carbons (Fsp3) is 0.333. The molecule has 0 N–H and O–H groups in total. The van der Waals surface area contributed by atoms with Crippen LogP contribution in [0.3, 0.4) is 0 Å².